The maximum Gasteiger partial charge on any atom is 0.242 e. The van der Waals surface area contributed by atoms with E-state index in [2.05, 4.69) is 10.0 Å². The summed E-state index contributed by atoms with van der Waals surface area (Å²) in [5, 5.41) is 4.35. The van der Waals surface area contributed by atoms with E-state index in [1.165, 1.54) is 19.9 Å². The molecule has 0 spiro atoms. The van der Waals surface area contributed by atoms with E-state index in [-0.39, 0.29) is 10.7 Å². The van der Waals surface area contributed by atoms with Crippen molar-refractivity contribution in [3.63, 3.8) is 0 Å². The molecule has 144 valence electrons. The van der Waals surface area contributed by atoms with Crippen molar-refractivity contribution >= 4 is 38.2 Å². The number of sulfonamides is 1. The van der Waals surface area contributed by atoms with E-state index in [1.807, 2.05) is 24.3 Å². The molecule has 2 N–H and O–H groups in total. The summed E-state index contributed by atoms with van der Waals surface area (Å²) in [4.78, 5) is 23.9. The Balaban J connectivity index is 1.74. The van der Waals surface area contributed by atoms with Gasteiger partial charge in [0.2, 0.25) is 15.9 Å². The molecule has 3 rings (SSSR count). The van der Waals surface area contributed by atoms with E-state index in [0.29, 0.717) is 11.3 Å². The van der Waals surface area contributed by atoms with Crippen LogP contribution >= 0.6 is 0 Å². The van der Waals surface area contributed by atoms with Crippen molar-refractivity contribution in [2.24, 2.45) is 0 Å². The first-order chi connectivity index (χ1) is 13.3. The molecule has 0 radical (unpaired) electrons. The highest BCUT2D eigenvalue weighted by atomic mass is 32.2. The van der Waals surface area contributed by atoms with Crippen molar-refractivity contribution in [1.82, 2.24) is 4.72 Å². The van der Waals surface area contributed by atoms with Gasteiger partial charge in [0.15, 0.2) is 5.78 Å². The average molecular weight is 396 g/mol. The molecule has 28 heavy (non-hydrogen) atoms. The Bertz CT molecular complexity index is 1160. The van der Waals surface area contributed by atoms with Crippen LogP contribution in [0.2, 0.25) is 0 Å². The highest BCUT2D eigenvalue weighted by Crippen LogP contribution is 2.19. The maximum atomic E-state index is 12.7. The SMILES string of the molecule is CC(=O)c1cccc(NC(=O)[C@H](C)NS(=O)(=O)c2ccc3ccccc3c2)c1. The van der Waals surface area contributed by atoms with Gasteiger partial charge in [0.25, 0.3) is 0 Å². The number of benzene rings is 3. The molecule has 1 atom stereocenters. The van der Waals surface area contributed by atoms with Gasteiger partial charge in [-0.2, -0.15) is 4.72 Å². The molecule has 0 saturated heterocycles. The first-order valence-corrected chi connectivity index (χ1v) is 10.2. The molecular formula is C21H20N2O4S. The number of carbonyl (C=O) groups excluding carboxylic acids is 2. The predicted molar refractivity (Wildman–Crippen MR) is 109 cm³/mol. The van der Waals surface area contributed by atoms with Crippen molar-refractivity contribution in [3.8, 4) is 0 Å². The number of ketones is 1. The zero-order valence-electron chi connectivity index (χ0n) is 15.5. The van der Waals surface area contributed by atoms with E-state index in [9.17, 15) is 18.0 Å². The zero-order valence-corrected chi connectivity index (χ0v) is 16.3. The van der Waals surface area contributed by atoms with Gasteiger partial charge in [0, 0.05) is 11.3 Å². The fraction of sp³-hybridized carbons (Fsp3) is 0.143. The highest BCUT2D eigenvalue weighted by Gasteiger charge is 2.22. The van der Waals surface area contributed by atoms with E-state index >= 15 is 0 Å². The first-order valence-electron chi connectivity index (χ1n) is 8.69. The standard InChI is InChI=1S/C21H20N2O4S/c1-14(21(25)22-19-9-5-8-17(12-19)15(2)24)23-28(26,27)20-11-10-16-6-3-4-7-18(16)13-20/h3-14,23H,1-2H3,(H,22,25)/t14-/m0/s1. The van der Waals surface area contributed by atoms with Gasteiger partial charge in [-0.15, -0.1) is 0 Å². The number of nitrogens with one attached hydrogen (secondary N) is 2. The number of Topliss-reactive ketones (excluding diaryl/α,β-unsaturated/α-hetero) is 1. The summed E-state index contributed by atoms with van der Waals surface area (Å²) in [6.45, 7) is 2.89. The molecule has 0 aromatic heterocycles. The molecule has 7 heteroatoms. The molecule has 0 saturated carbocycles. The molecule has 0 bridgehead atoms. The van der Waals surface area contributed by atoms with Crippen molar-refractivity contribution in [3.05, 3.63) is 72.3 Å². The molecule has 1 amide bonds. The van der Waals surface area contributed by atoms with Crippen molar-refractivity contribution < 1.29 is 18.0 Å². The monoisotopic (exact) mass is 396 g/mol. The molecular weight excluding hydrogens is 376 g/mol. The molecule has 6 nitrogen and oxygen atoms in total. The Morgan fingerprint density at radius 1 is 0.893 bits per heavy atom. The van der Waals surface area contributed by atoms with Crippen LogP contribution in [0.25, 0.3) is 10.8 Å². The summed E-state index contributed by atoms with van der Waals surface area (Å²) in [5.74, 6) is -0.647. The van der Waals surface area contributed by atoms with E-state index in [1.54, 1.807) is 36.4 Å². The molecule has 0 heterocycles. The second-order valence-corrected chi connectivity index (χ2v) is 8.19. The van der Waals surface area contributed by atoms with Gasteiger partial charge in [-0.1, -0.05) is 42.5 Å². The third kappa shape index (κ3) is 4.44. The molecule has 0 fully saturated rings. The van der Waals surface area contributed by atoms with Crippen LogP contribution in [-0.2, 0) is 14.8 Å². The molecule has 0 unspecified atom stereocenters. The number of rotatable bonds is 6. The normalized spacial score (nSPS) is 12.5. The number of hydrogen-bond donors (Lipinski definition) is 2. The number of anilines is 1. The minimum absolute atomic E-state index is 0.0874. The Morgan fingerprint density at radius 2 is 1.61 bits per heavy atom. The van der Waals surface area contributed by atoms with Gasteiger partial charge in [0.05, 0.1) is 10.9 Å². The van der Waals surface area contributed by atoms with Crippen molar-refractivity contribution in [2.45, 2.75) is 24.8 Å². The quantitative estimate of drug-likeness (QED) is 0.625. The summed E-state index contributed by atoms with van der Waals surface area (Å²) in [6.07, 6.45) is 0. The maximum absolute atomic E-state index is 12.7. The smallest absolute Gasteiger partial charge is 0.242 e. The van der Waals surface area contributed by atoms with Crippen molar-refractivity contribution in [2.75, 3.05) is 5.32 Å². The van der Waals surface area contributed by atoms with Crippen LogP contribution in [0.4, 0.5) is 5.69 Å². The van der Waals surface area contributed by atoms with Gasteiger partial charge >= 0.3 is 0 Å². The summed E-state index contributed by atoms with van der Waals surface area (Å²) < 4.78 is 27.7. The third-order valence-corrected chi connectivity index (χ3v) is 5.83. The van der Waals surface area contributed by atoms with Gasteiger partial charge in [-0.3, -0.25) is 9.59 Å². The van der Waals surface area contributed by atoms with Crippen molar-refractivity contribution in [1.29, 1.82) is 0 Å². The summed E-state index contributed by atoms with van der Waals surface area (Å²) in [6, 6.07) is 17.7. The lowest BCUT2D eigenvalue weighted by atomic mass is 10.1. The van der Waals surface area contributed by atoms with Crippen LogP contribution in [0, 0.1) is 0 Å². The van der Waals surface area contributed by atoms with Crippen LogP contribution < -0.4 is 10.0 Å². The van der Waals surface area contributed by atoms with Gasteiger partial charge in [-0.25, -0.2) is 8.42 Å². The number of carbonyl (C=O) groups is 2. The lowest BCUT2D eigenvalue weighted by Crippen LogP contribution is -2.41. The average Bonchev–Trinajstić information content (AvgIpc) is 2.67. The molecule has 0 aliphatic rings. The minimum Gasteiger partial charge on any atom is -0.325 e. The van der Waals surface area contributed by atoms with Crippen LogP contribution in [0.1, 0.15) is 24.2 Å². The second kappa shape index (κ2) is 7.92. The van der Waals surface area contributed by atoms with Gasteiger partial charge in [-0.05, 0) is 48.9 Å². The number of fused-ring (bicyclic) bond motifs is 1. The summed E-state index contributed by atoms with van der Waals surface area (Å²) in [5.41, 5.74) is 0.886. The van der Waals surface area contributed by atoms with Crippen LogP contribution in [0.15, 0.2) is 71.6 Å². The highest BCUT2D eigenvalue weighted by molar-refractivity contribution is 7.89. The van der Waals surface area contributed by atoms with Gasteiger partial charge in [0.1, 0.15) is 0 Å². The first kappa shape index (κ1) is 19.7. The zero-order chi connectivity index (χ0) is 20.3. The molecule has 0 aliphatic heterocycles. The summed E-state index contributed by atoms with van der Waals surface area (Å²) >= 11 is 0. The number of amides is 1. The van der Waals surface area contributed by atoms with E-state index in [0.717, 1.165) is 10.8 Å². The van der Waals surface area contributed by atoms with Crippen LogP contribution in [0.5, 0.6) is 0 Å². The number of hydrogen-bond acceptors (Lipinski definition) is 4. The molecule has 3 aromatic carbocycles. The molecule has 0 aliphatic carbocycles. The Kier molecular flexibility index (Phi) is 5.58. The van der Waals surface area contributed by atoms with E-state index < -0.39 is 22.0 Å². The lowest BCUT2D eigenvalue weighted by molar-refractivity contribution is -0.117. The fourth-order valence-electron chi connectivity index (χ4n) is 2.76. The fourth-order valence-corrected chi connectivity index (χ4v) is 3.99. The Hall–Kier alpha value is -3.03. The third-order valence-electron chi connectivity index (χ3n) is 4.29. The summed E-state index contributed by atoms with van der Waals surface area (Å²) in [7, 11) is -3.87. The predicted octanol–water partition coefficient (Wildman–Crippen LogP) is 3.35. The minimum atomic E-state index is -3.87. The lowest BCUT2D eigenvalue weighted by Gasteiger charge is -2.15. The largest absolute Gasteiger partial charge is 0.325 e. The van der Waals surface area contributed by atoms with Crippen LogP contribution in [-0.4, -0.2) is 26.2 Å². The second-order valence-electron chi connectivity index (χ2n) is 6.48. The molecule has 3 aromatic rings. The van der Waals surface area contributed by atoms with Gasteiger partial charge < -0.3 is 5.32 Å². The Morgan fingerprint density at radius 3 is 2.32 bits per heavy atom. The topological polar surface area (TPSA) is 92.3 Å². The van der Waals surface area contributed by atoms with Crippen LogP contribution in [0.3, 0.4) is 0 Å². The Labute approximate surface area is 163 Å². The van der Waals surface area contributed by atoms with E-state index in [4.69, 9.17) is 0 Å².